The molecule has 0 aromatic rings. The van der Waals surface area contributed by atoms with Crippen molar-refractivity contribution in [3.63, 3.8) is 0 Å². The van der Waals surface area contributed by atoms with Crippen LogP contribution in [-0.4, -0.2) is 49.5 Å². The summed E-state index contributed by atoms with van der Waals surface area (Å²) in [7, 11) is 2.41. The number of urea groups is 1. The average molecular weight is 257 g/mol. The molecule has 0 saturated heterocycles. The molecule has 2 N–H and O–H groups in total. The number of carbonyl (C=O) groups is 3. The van der Waals surface area contributed by atoms with Gasteiger partial charge in [0.1, 0.15) is 5.92 Å². The van der Waals surface area contributed by atoms with Gasteiger partial charge in [-0.25, -0.2) is 9.80 Å². The number of hydrazone groups is 1. The molecule has 1 aliphatic rings. The molecule has 8 nitrogen and oxygen atoms in total. The number of hydrogen-bond acceptors (Lipinski definition) is 6. The van der Waals surface area contributed by atoms with Crippen molar-refractivity contribution in [3.8, 4) is 0 Å². The molecule has 0 radical (unpaired) electrons. The predicted molar refractivity (Wildman–Crippen MR) is 60.4 cm³/mol. The second kappa shape index (κ2) is 5.48. The van der Waals surface area contributed by atoms with Crippen molar-refractivity contribution >= 4 is 23.7 Å². The number of primary amides is 1. The highest BCUT2D eigenvalue weighted by molar-refractivity contribution is 6.05. The van der Waals surface area contributed by atoms with Gasteiger partial charge in [0.2, 0.25) is 0 Å². The Balaban J connectivity index is 3.11. The van der Waals surface area contributed by atoms with Gasteiger partial charge in [-0.1, -0.05) is 0 Å². The monoisotopic (exact) mass is 257 g/mol. The van der Waals surface area contributed by atoms with Crippen LogP contribution < -0.4 is 5.73 Å². The minimum atomic E-state index is -0.868. The molecule has 0 aromatic carbocycles. The normalized spacial score (nSPS) is 23.1. The Morgan fingerprint density at radius 2 is 1.83 bits per heavy atom. The summed E-state index contributed by atoms with van der Waals surface area (Å²) in [6, 6.07) is -0.799. The van der Waals surface area contributed by atoms with Crippen molar-refractivity contribution in [2.45, 2.75) is 6.92 Å². The zero-order valence-electron chi connectivity index (χ0n) is 10.4. The Kier molecular flexibility index (Phi) is 4.24. The van der Waals surface area contributed by atoms with Crippen LogP contribution in [0.3, 0.4) is 0 Å². The standard InChI is InChI=1S/C10H15N3O5/c1-5-7(9(15)18-3)6(8(14)17-2)4-13(12-5)10(11)16/h6-7H,4H2,1-3H3,(H2,11,16)/t6-,7-/m0/s1. The lowest BCUT2D eigenvalue weighted by atomic mass is 9.87. The maximum absolute atomic E-state index is 11.6. The van der Waals surface area contributed by atoms with Crippen molar-refractivity contribution in [2.75, 3.05) is 20.8 Å². The number of hydrogen-bond donors (Lipinski definition) is 1. The van der Waals surface area contributed by atoms with Crippen LogP contribution in [0.5, 0.6) is 0 Å². The number of ether oxygens (including phenoxy) is 2. The van der Waals surface area contributed by atoms with E-state index in [1.165, 1.54) is 21.1 Å². The molecular weight excluding hydrogens is 242 g/mol. The van der Waals surface area contributed by atoms with Gasteiger partial charge in [0, 0.05) is 0 Å². The van der Waals surface area contributed by atoms with Gasteiger partial charge < -0.3 is 15.2 Å². The summed E-state index contributed by atoms with van der Waals surface area (Å²) in [4.78, 5) is 34.4. The molecule has 8 heteroatoms. The number of methoxy groups -OCH3 is 2. The Bertz CT molecular complexity index is 406. The summed E-state index contributed by atoms with van der Waals surface area (Å²) in [6.45, 7) is 1.41. The van der Waals surface area contributed by atoms with Gasteiger partial charge in [-0.3, -0.25) is 9.59 Å². The molecule has 0 aliphatic carbocycles. The molecule has 2 atom stereocenters. The topological polar surface area (TPSA) is 111 Å². The third kappa shape index (κ3) is 2.58. The first-order chi connectivity index (χ1) is 8.42. The molecule has 18 heavy (non-hydrogen) atoms. The van der Waals surface area contributed by atoms with Crippen molar-refractivity contribution in [3.05, 3.63) is 0 Å². The maximum atomic E-state index is 11.6. The van der Waals surface area contributed by atoms with Crippen LogP contribution in [0, 0.1) is 11.8 Å². The van der Waals surface area contributed by atoms with Gasteiger partial charge in [0.05, 0.1) is 32.4 Å². The Hall–Kier alpha value is -2.12. The fourth-order valence-corrected chi connectivity index (χ4v) is 1.84. The number of nitrogens with two attached hydrogens (primary N) is 1. The minimum absolute atomic E-state index is 0.112. The van der Waals surface area contributed by atoms with E-state index in [9.17, 15) is 14.4 Å². The molecule has 1 heterocycles. The highest BCUT2D eigenvalue weighted by atomic mass is 16.5. The Labute approximate surface area is 104 Å². The van der Waals surface area contributed by atoms with Crippen LogP contribution in [0.2, 0.25) is 0 Å². The second-order valence-corrected chi connectivity index (χ2v) is 3.79. The summed E-state index contributed by atoms with van der Waals surface area (Å²) < 4.78 is 9.23. The molecular formula is C10H15N3O5. The van der Waals surface area contributed by atoms with Gasteiger partial charge in [0.15, 0.2) is 0 Å². The van der Waals surface area contributed by atoms with Crippen LogP contribution in [0.1, 0.15) is 6.92 Å². The maximum Gasteiger partial charge on any atom is 0.335 e. The fourth-order valence-electron chi connectivity index (χ4n) is 1.84. The van der Waals surface area contributed by atoms with E-state index in [1.54, 1.807) is 0 Å². The SMILES string of the molecule is COC(=O)[C@H]1C(C)=NN(C(N)=O)C[C@@H]1C(=O)OC. The van der Waals surface area contributed by atoms with E-state index < -0.39 is 29.8 Å². The van der Waals surface area contributed by atoms with Gasteiger partial charge in [-0.05, 0) is 6.92 Å². The van der Waals surface area contributed by atoms with Gasteiger partial charge in [-0.15, -0.1) is 0 Å². The number of nitrogens with zero attached hydrogens (tertiary/aromatic N) is 2. The molecule has 0 saturated carbocycles. The predicted octanol–water partition coefficient (Wildman–Crippen LogP) is -0.665. The number of carbonyl (C=O) groups excluding carboxylic acids is 3. The van der Waals surface area contributed by atoms with Crippen molar-refractivity contribution in [1.82, 2.24) is 5.01 Å². The Morgan fingerprint density at radius 1 is 1.28 bits per heavy atom. The minimum Gasteiger partial charge on any atom is -0.469 e. The van der Waals surface area contributed by atoms with E-state index >= 15 is 0 Å². The molecule has 0 aromatic heterocycles. The highest BCUT2D eigenvalue weighted by Gasteiger charge is 2.42. The van der Waals surface area contributed by atoms with Gasteiger partial charge >= 0.3 is 18.0 Å². The third-order valence-corrected chi connectivity index (χ3v) is 2.71. The number of esters is 2. The van der Waals surface area contributed by atoms with E-state index in [0.29, 0.717) is 0 Å². The van der Waals surface area contributed by atoms with E-state index in [-0.39, 0.29) is 12.3 Å². The molecule has 0 bridgehead atoms. The summed E-state index contributed by atoms with van der Waals surface area (Å²) in [5, 5.41) is 4.79. The fraction of sp³-hybridized carbons (Fsp3) is 0.600. The second-order valence-electron chi connectivity index (χ2n) is 3.79. The van der Waals surface area contributed by atoms with E-state index in [1.807, 2.05) is 0 Å². The summed E-state index contributed by atoms with van der Waals surface area (Å²) in [5.41, 5.74) is 5.38. The van der Waals surface area contributed by atoms with Gasteiger partial charge in [-0.2, -0.15) is 5.10 Å². The van der Waals surface area contributed by atoms with Gasteiger partial charge in [0.25, 0.3) is 0 Å². The lowest BCUT2D eigenvalue weighted by molar-refractivity contribution is -0.155. The Morgan fingerprint density at radius 3 is 2.28 bits per heavy atom. The third-order valence-electron chi connectivity index (χ3n) is 2.71. The molecule has 0 unspecified atom stereocenters. The summed E-state index contributed by atoms with van der Waals surface area (Å²) in [5.74, 6) is -2.95. The zero-order valence-corrected chi connectivity index (χ0v) is 10.4. The van der Waals surface area contributed by atoms with Crippen LogP contribution in [-0.2, 0) is 19.1 Å². The van der Waals surface area contributed by atoms with Crippen molar-refractivity contribution in [1.29, 1.82) is 0 Å². The first kappa shape index (κ1) is 13.9. The van der Waals surface area contributed by atoms with Crippen LogP contribution in [0.15, 0.2) is 5.10 Å². The van der Waals surface area contributed by atoms with E-state index in [0.717, 1.165) is 5.01 Å². The van der Waals surface area contributed by atoms with Crippen LogP contribution in [0.4, 0.5) is 4.79 Å². The van der Waals surface area contributed by atoms with E-state index in [4.69, 9.17) is 5.73 Å². The summed E-state index contributed by atoms with van der Waals surface area (Å²) in [6.07, 6.45) is 0. The average Bonchev–Trinajstić information content (AvgIpc) is 2.35. The highest BCUT2D eigenvalue weighted by Crippen LogP contribution is 2.24. The molecule has 1 aliphatic heterocycles. The summed E-state index contributed by atoms with van der Waals surface area (Å²) >= 11 is 0. The molecule has 2 amide bonds. The largest absolute Gasteiger partial charge is 0.469 e. The zero-order chi connectivity index (χ0) is 13.9. The first-order valence-corrected chi connectivity index (χ1v) is 5.20. The van der Waals surface area contributed by atoms with Crippen molar-refractivity contribution in [2.24, 2.45) is 22.7 Å². The van der Waals surface area contributed by atoms with Crippen molar-refractivity contribution < 1.29 is 23.9 Å². The molecule has 1 rings (SSSR count). The first-order valence-electron chi connectivity index (χ1n) is 5.20. The molecule has 100 valence electrons. The number of amides is 2. The quantitative estimate of drug-likeness (QED) is 0.660. The number of rotatable bonds is 2. The lowest BCUT2D eigenvalue weighted by Crippen LogP contribution is -2.49. The van der Waals surface area contributed by atoms with Crippen LogP contribution >= 0.6 is 0 Å². The van der Waals surface area contributed by atoms with Crippen LogP contribution in [0.25, 0.3) is 0 Å². The molecule has 0 spiro atoms. The lowest BCUT2D eigenvalue weighted by Gasteiger charge is -2.31. The van der Waals surface area contributed by atoms with E-state index in [2.05, 4.69) is 14.6 Å². The smallest absolute Gasteiger partial charge is 0.335 e. The molecule has 0 fully saturated rings.